The topological polar surface area (TPSA) is 40.5 Å². The van der Waals surface area contributed by atoms with Crippen LogP contribution in [0.5, 0.6) is 0 Å². The molecule has 3 rings (SSSR count). The SMILES string of the molecule is CN(C(=O)C(O)c1ccccc1)C(c1ccc(F)cc1)C1CC1. The molecule has 0 aliphatic heterocycles. The molecule has 2 atom stereocenters. The molecule has 4 heteroatoms. The molecule has 0 heterocycles. The van der Waals surface area contributed by atoms with Gasteiger partial charge in [-0.3, -0.25) is 4.79 Å². The van der Waals surface area contributed by atoms with Gasteiger partial charge in [-0.1, -0.05) is 42.5 Å². The Labute approximate surface area is 135 Å². The summed E-state index contributed by atoms with van der Waals surface area (Å²) in [5.74, 6) is -0.253. The van der Waals surface area contributed by atoms with E-state index < -0.39 is 6.10 Å². The van der Waals surface area contributed by atoms with E-state index in [-0.39, 0.29) is 17.8 Å². The number of carbonyl (C=O) groups excluding carboxylic acids is 1. The average Bonchev–Trinajstić information content (AvgIpc) is 3.41. The lowest BCUT2D eigenvalue weighted by Gasteiger charge is -2.30. The van der Waals surface area contributed by atoms with Crippen molar-refractivity contribution in [2.75, 3.05) is 7.05 Å². The first kappa shape index (κ1) is 15.7. The van der Waals surface area contributed by atoms with Crippen molar-refractivity contribution in [1.29, 1.82) is 0 Å². The van der Waals surface area contributed by atoms with Crippen LogP contribution in [0.25, 0.3) is 0 Å². The number of hydrogen-bond donors (Lipinski definition) is 1. The van der Waals surface area contributed by atoms with Gasteiger partial charge in [-0.05, 0) is 42.0 Å². The van der Waals surface area contributed by atoms with Crippen LogP contribution in [0.1, 0.15) is 36.1 Å². The third-order valence-electron chi connectivity index (χ3n) is 4.39. The summed E-state index contributed by atoms with van der Waals surface area (Å²) in [5, 5.41) is 10.4. The lowest BCUT2D eigenvalue weighted by molar-refractivity contribution is -0.142. The average molecular weight is 313 g/mol. The molecular formula is C19H20FNO2. The highest BCUT2D eigenvalue weighted by atomic mass is 19.1. The van der Waals surface area contributed by atoms with Gasteiger partial charge in [0.05, 0.1) is 6.04 Å². The van der Waals surface area contributed by atoms with Gasteiger partial charge < -0.3 is 10.0 Å². The number of halogens is 1. The van der Waals surface area contributed by atoms with Crippen LogP contribution in [0, 0.1) is 11.7 Å². The number of benzene rings is 2. The van der Waals surface area contributed by atoms with Gasteiger partial charge in [0.15, 0.2) is 6.10 Å². The molecule has 1 N–H and O–H groups in total. The van der Waals surface area contributed by atoms with E-state index in [2.05, 4.69) is 0 Å². The number of likely N-dealkylation sites (N-methyl/N-ethyl adjacent to an activating group) is 1. The molecule has 0 bridgehead atoms. The van der Waals surface area contributed by atoms with Gasteiger partial charge in [-0.15, -0.1) is 0 Å². The van der Waals surface area contributed by atoms with Gasteiger partial charge in [0.1, 0.15) is 5.82 Å². The zero-order valence-corrected chi connectivity index (χ0v) is 13.0. The molecule has 0 saturated heterocycles. The summed E-state index contributed by atoms with van der Waals surface area (Å²) in [6.45, 7) is 0. The lowest BCUT2D eigenvalue weighted by atomic mass is 9.99. The number of carbonyl (C=O) groups is 1. The maximum Gasteiger partial charge on any atom is 0.256 e. The number of hydrogen-bond acceptors (Lipinski definition) is 2. The number of aliphatic hydroxyl groups is 1. The zero-order chi connectivity index (χ0) is 16.4. The fourth-order valence-corrected chi connectivity index (χ4v) is 2.99. The summed E-state index contributed by atoms with van der Waals surface area (Å²) in [5.41, 5.74) is 1.49. The Kier molecular flexibility index (Phi) is 4.44. The predicted molar refractivity (Wildman–Crippen MR) is 86.0 cm³/mol. The molecule has 2 aromatic carbocycles. The summed E-state index contributed by atoms with van der Waals surface area (Å²) in [4.78, 5) is 14.3. The Morgan fingerprint density at radius 1 is 1.09 bits per heavy atom. The maximum atomic E-state index is 13.2. The fourth-order valence-electron chi connectivity index (χ4n) is 2.99. The second-order valence-electron chi connectivity index (χ2n) is 6.10. The molecule has 3 nitrogen and oxygen atoms in total. The summed E-state index contributed by atoms with van der Waals surface area (Å²) < 4.78 is 13.2. The van der Waals surface area contributed by atoms with Crippen LogP contribution in [0.3, 0.4) is 0 Å². The van der Waals surface area contributed by atoms with Crippen molar-refractivity contribution in [2.24, 2.45) is 5.92 Å². The van der Waals surface area contributed by atoms with Crippen molar-refractivity contribution in [3.63, 3.8) is 0 Å². The molecular weight excluding hydrogens is 293 g/mol. The van der Waals surface area contributed by atoms with Crippen LogP contribution in [-0.4, -0.2) is 23.0 Å². The molecule has 1 fully saturated rings. The van der Waals surface area contributed by atoms with E-state index in [1.54, 1.807) is 48.3 Å². The van der Waals surface area contributed by atoms with Gasteiger partial charge in [0, 0.05) is 7.05 Å². The van der Waals surface area contributed by atoms with E-state index in [4.69, 9.17) is 0 Å². The highest BCUT2D eigenvalue weighted by Crippen LogP contribution is 2.44. The van der Waals surface area contributed by atoms with Crippen LogP contribution >= 0.6 is 0 Å². The minimum Gasteiger partial charge on any atom is -0.378 e. The van der Waals surface area contributed by atoms with Crippen molar-refractivity contribution in [2.45, 2.75) is 25.0 Å². The first-order valence-electron chi connectivity index (χ1n) is 7.83. The van der Waals surface area contributed by atoms with E-state index >= 15 is 0 Å². The Balaban J connectivity index is 1.82. The normalized spacial score (nSPS) is 16.7. The van der Waals surface area contributed by atoms with Crippen LogP contribution in [0.15, 0.2) is 54.6 Å². The van der Waals surface area contributed by atoms with Crippen LogP contribution in [0.4, 0.5) is 4.39 Å². The second kappa shape index (κ2) is 6.50. The minimum absolute atomic E-state index is 0.124. The molecule has 0 aromatic heterocycles. The Morgan fingerprint density at radius 3 is 2.26 bits per heavy atom. The van der Waals surface area contributed by atoms with Crippen molar-refractivity contribution in [3.8, 4) is 0 Å². The molecule has 1 aliphatic carbocycles. The van der Waals surface area contributed by atoms with E-state index in [0.29, 0.717) is 11.5 Å². The Bertz CT molecular complexity index is 668. The Hall–Kier alpha value is -2.20. The van der Waals surface area contributed by atoms with Gasteiger partial charge in [-0.2, -0.15) is 0 Å². The van der Waals surface area contributed by atoms with Gasteiger partial charge in [-0.25, -0.2) is 4.39 Å². The molecule has 0 spiro atoms. The number of rotatable bonds is 5. The van der Waals surface area contributed by atoms with E-state index in [9.17, 15) is 14.3 Å². The highest BCUT2D eigenvalue weighted by molar-refractivity contribution is 5.82. The monoisotopic (exact) mass is 313 g/mol. The standard InChI is InChI=1S/C19H20FNO2/c1-21(19(23)18(22)15-5-3-2-4-6-15)17(13-7-8-13)14-9-11-16(20)12-10-14/h2-6,9-13,17-18,22H,7-8H2,1H3. The van der Waals surface area contributed by atoms with Crippen molar-refractivity contribution in [3.05, 3.63) is 71.5 Å². The number of aliphatic hydroxyl groups excluding tert-OH is 1. The first-order chi connectivity index (χ1) is 11.1. The molecule has 1 amide bonds. The third kappa shape index (κ3) is 3.42. The molecule has 0 radical (unpaired) electrons. The zero-order valence-electron chi connectivity index (χ0n) is 13.0. The molecule has 120 valence electrons. The van der Waals surface area contributed by atoms with Gasteiger partial charge in [0.25, 0.3) is 5.91 Å². The molecule has 2 aromatic rings. The van der Waals surface area contributed by atoms with Gasteiger partial charge >= 0.3 is 0 Å². The smallest absolute Gasteiger partial charge is 0.256 e. The van der Waals surface area contributed by atoms with E-state index in [1.165, 1.54) is 12.1 Å². The predicted octanol–water partition coefficient (Wildman–Crippen LogP) is 3.47. The largest absolute Gasteiger partial charge is 0.378 e. The van der Waals surface area contributed by atoms with E-state index in [0.717, 1.165) is 18.4 Å². The maximum absolute atomic E-state index is 13.2. The number of amides is 1. The van der Waals surface area contributed by atoms with Crippen molar-refractivity contribution >= 4 is 5.91 Å². The molecule has 23 heavy (non-hydrogen) atoms. The third-order valence-corrected chi connectivity index (χ3v) is 4.39. The van der Waals surface area contributed by atoms with Gasteiger partial charge in [0.2, 0.25) is 0 Å². The minimum atomic E-state index is -1.18. The first-order valence-corrected chi connectivity index (χ1v) is 7.83. The van der Waals surface area contributed by atoms with Crippen molar-refractivity contribution < 1.29 is 14.3 Å². The summed E-state index contributed by atoms with van der Waals surface area (Å²) in [6.07, 6.45) is 0.908. The lowest BCUT2D eigenvalue weighted by Crippen LogP contribution is -2.36. The molecule has 1 saturated carbocycles. The Morgan fingerprint density at radius 2 is 1.70 bits per heavy atom. The van der Waals surface area contributed by atoms with Crippen LogP contribution in [-0.2, 0) is 4.79 Å². The van der Waals surface area contributed by atoms with Crippen LogP contribution < -0.4 is 0 Å². The summed E-state index contributed by atoms with van der Waals surface area (Å²) in [7, 11) is 1.71. The molecule has 2 unspecified atom stereocenters. The fraction of sp³-hybridized carbons (Fsp3) is 0.316. The number of nitrogens with zero attached hydrogens (tertiary/aromatic N) is 1. The second-order valence-corrected chi connectivity index (χ2v) is 6.10. The van der Waals surface area contributed by atoms with E-state index in [1.807, 2.05) is 6.07 Å². The quantitative estimate of drug-likeness (QED) is 0.918. The van der Waals surface area contributed by atoms with Crippen LogP contribution in [0.2, 0.25) is 0 Å². The van der Waals surface area contributed by atoms with Crippen molar-refractivity contribution in [1.82, 2.24) is 4.90 Å². The summed E-state index contributed by atoms with van der Waals surface area (Å²) in [6, 6.07) is 15.0. The molecule has 1 aliphatic rings. The summed E-state index contributed by atoms with van der Waals surface area (Å²) >= 11 is 0. The highest BCUT2D eigenvalue weighted by Gasteiger charge is 2.38.